The molecule has 0 N–H and O–H groups in total. The highest BCUT2D eigenvalue weighted by Gasteiger charge is 2.21. The first-order valence-corrected chi connectivity index (χ1v) is 12.6. The van der Waals surface area contributed by atoms with Crippen LogP contribution in [0.3, 0.4) is 0 Å². The third kappa shape index (κ3) is 6.06. The number of nitrogens with zero attached hydrogens (tertiary/aromatic N) is 5. The number of aryl methyl sites for hydroxylation is 1. The topological polar surface area (TPSA) is 83.5 Å². The van der Waals surface area contributed by atoms with Crippen molar-refractivity contribution in [3.63, 3.8) is 0 Å². The minimum absolute atomic E-state index is 0.207. The Morgan fingerprint density at radius 1 is 0.973 bits per heavy atom. The summed E-state index contributed by atoms with van der Waals surface area (Å²) in [5.74, 6) is 0.752. The summed E-state index contributed by atoms with van der Waals surface area (Å²) < 4.78 is 16.3. The van der Waals surface area contributed by atoms with Gasteiger partial charge in [0, 0.05) is 25.2 Å². The van der Waals surface area contributed by atoms with E-state index in [1.807, 2.05) is 51.4 Å². The fourth-order valence-corrected chi connectivity index (χ4v) is 4.32. The predicted octanol–water partition coefficient (Wildman–Crippen LogP) is 3.53. The molecule has 0 aliphatic carbocycles. The molecule has 0 atom stereocenters. The van der Waals surface area contributed by atoms with Gasteiger partial charge in [-0.1, -0.05) is 42.8 Å². The van der Waals surface area contributed by atoms with E-state index in [1.54, 1.807) is 23.7 Å². The summed E-state index contributed by atoms with van der Waals surface area (Å²) in [5.41, 5.74) is 1.88. The van der Waals surface area contributed by atoms with Crippen molar-refractivity contribution in [1.82, 2.24) is 23.6 Å². The van der Waals surface area contributed by atoms with Crippen molar-refractivity contribution in [2.75, 3.05) is 27.3 Å². The molecule has 0 saturated heterocycles. The van der Waals surface area contributed by atoms with E-state index in [2.05, 4.69) is 16.0 Å². The maximum atomic E-state index is 13.4. The quantitative estimate of drug-likeness (QED) is 0.279. The zero-order chi connectivity index (χ0) is 26.5. The number of aromatic nitrogens is 4. The first-order valence-electron chi connectivity index (χ1n) is 12.2. The molecule has 0 amide bonds. The SMILES string of the molecule is CCCn1c(=O)c2c(nc(OCCOc3cccc(CN(C)C)c3)n2Cc2ccc(Cl)cc2)n(C)c1=O. The van der Waals surface area contributed by atoms with E-state index in [0.717, 1.165) is 23.4 Å². The molecule has 2 heterocycles. The van der Waals surface area contributed by atoms with Crippen LogP contribution in [0.5, 0.6) is 11.8 Å². The van der Waals surface area contributed by atoms with E-state index >= 15 is 0 Å². The Balaban J connectivity index is 1.62. The summed E-state index contributed by atoms with van der Waals surface area (Å²) in [7, 11) is 5.65. The molecule has 0 radical (unpaired) electrons. The molecule has 0 unspecified atom stereocenters. The lowest BCUT2D eigenvalue weighted by Gasteiger charge is -2.13. The Hall–Kier alpha value is -3.56. The fraction of sp³-hybridized carbons (Fsp3) is 0.370. The highest BCUT2D eigenvalue weighted by Crippen LogP contribution is 2.21. The fourth-order valence-electron chi connectivity index (χ4n) is 4.19. The lowest BCUT2D eigenvalue weighted by Crippen LogP contribution is -2.39. The standard InChI is InChI=1S/C27H32ClN5O4/c1-5-13-32-25(34)23-24(31(4)27(32)35)29-26(33(23)18-19-9-11-21(28)12-10-19)37-15-14-36-22-8-6-7-20(16-22)17-30(2)3/h6-12,16H,5,13-15,17-18H2,1-4H3. The van der Waals surface area contributed by atoms with Crippen LogP contribution in [-0.4, -0.2) is 50.9 Å². The zero-order valence-electron chi connectivity index (χ0n) is 21.6. The number of halogens is 1. The molecule has 37 heavy (non-hydrogen) atoms. The summed E-state index contributed by atoms with van der Waals surface area (Å²) in [4.78, 5) is 32.8. The van der Waals surface area contributed by atoms with Gasteiger partial charge >= 0.3 is 5.69 Å². The van der Waals surface area contributed by atoms with Gasteiger partial charge < -0.3 is 14.4 Å². The number of rotatable bonds is 11. The molecule has 4 rings (SSSR count). The second-order valence-corrected chi connectivity index (χ2v) is 9.60. The second kappa shape index (κ2) is 11.7. The van der Waals surface area contributed by atoms with Crippen LogP contribution in [-0.2, 0) is 26.7 Å². The highest BCUT2D eigenvalue weighted by molar-refractivity contribution is 6.30. The van der Waals surface area contributed by atoms with Gasteiger partial charge in [0.15, 0.2) is 11.2 Å². The van der Waals surface area contributed by atoms with Crippen molar-refractivity contribution in [2.24, 2.45) is 7.05 Å². The predicted molar refractivity (Wildman–Crippen MR) is 145 cm³/mol. The smallest absolute Gasteiger partial charge is 0.332 e. The van der Waals surface area contributed by atoms with Gasteiger partial charge in [0.2, 0.25) is 0 Å². The van der Waals surface area contributed by atoms with E-state index in [9.17, 15) is 9.59 Å². The van der Waals surface area contributed by atoms with Crippen molar-refractivity contribution in [3.05, 3.63) is 85.5 Å². The monoisotopic (exact) mass is 525 g/mol. The lowest BCUT2D eigenvalue weighted by molar-refractivity contribution is 0.201. The van der Waals surface area contributed by atoms with Crippen LogP contribution in [0.25, 0.3) is 11.2 Å². The van der Waals surface area contributed by atoms with E-state index in [-0.39, 0.29) is 30.4 Å². The van der Waals surface area contributed by atoms with Crippen molar-refractivity contribution in [3.8, 4) is 11.8 Å². The Morgan fingerprint density at radius 3 is 2.41 bits per heavy atom. The van der Waals surface area contributed by atoms with Crippen LogP contribution in [0, 0.1) is 0 Å². The Morgan fingerprint density at radius 2 is 1.70 bits per heavy atom. The molecular formula is C27H32ClN5O4. The van der Waals surface area contributed by atoms with Crippen LogP contribution in [0.4, 0.5) is 0 Å². The van der Waals surface area contributed by atoms with Gasteiger partial charge in [0.1, 0.15) is 19.0 Å². The molecule has 0 fully saturated rings. The first kappa shape index (κ1) is 26.5. The van der Waals surface area contributed by atoms with Crippen molar-refractivity contribution < 1.29 is 9.47 Å². The minimum atomic E-state index is -0.400. The number of fused-ring (bicyclic) bond motifs is 1. The molecule has 10 heteroatoms. The number of hydrogen-bond donors (Lipinski definition) is 0. The average molecular weight is 526 g/mol. The van der Waals surface area contributed by atoms with E-state index in [0.29, 0.717) is 30.0 Å². The van der Waals surface area contributed by atoms with Crippen LogP contribution in [0.15, 0.2) is 58.1 Å². The van der Waals surface area contributed by atoms with Crippen LogP contribution in [0.1, 0.15) is 24.5 Å². The van der Waals surface area contributed by atoms with Gasteiger partial charge in [0.05, 0.1) is 6.54 Å². The van der Waals surface area contributed by atoms with E-state index in [1.165, 1.54) is 9.13 Å². The van der Waals surface area contributed by atoms with Crippen LogP contribution < -0.4 is 20.7 Å². The van der Waals surface area contributed by atoms with Crippen LogP contribution in [0.2, 0.25) is 5.02 Å². The van der Waals surface area contributed by atoms with Gasteiger partial charge in [0.25, 0.3) is 11.6 Å². The highest BCUT2D eigenvalue weighted by atomic mass is 35.5. The normalized spacial score (nSPS) is 11.4. The summed E-state index contributed by atoms with van der Waals surface area (Å²) in [6.07, 6.45) is 0.655. The minimum Gasteiger partial charge on any atom is -0.490 e. The number of benzene rings is 2. The zero-order valence-corrected chi connectivity index (χ0v) is 22.4. The molecule has 9 nitrogen and oxygen atoms in total. The van der Waals surface area contributed by atoms with Gasteiger partial charge in [-0.15, -0.1) is 0 Å². The third-order valence-corrected chi connectivity index (χ3v) is 6.13. The van der Waals surface area contributed by atoms with Crippen LogP contribution >= 0.6 is 11.6 Å². The summed E-state index contributed by atoms with van der Waals surface area (Å²) in [6, 6.07) is 15.5. The molecule has 0 spiro atoms. The number of ether oxygens (including phenoxy) is 2. The average Bonchev–Trinajstić information content (AvgIpc) is 3.22. The largest absolute Gasteiger partial charge is 0.490 e. The van der Waals surface area contributed by atoms with Gasteiger partial charge in [-0.2, -0.15) is 4.98 Å². The van der Waals surface area contributed by atoms with Crippen molar-refractivity contribution >= 4 is 22.8 Å². The van der Waals surface area contributed by atoms with E-state index in [4.69, 9.17) is 21.1 Å². The second-order valence-electron chi connectivity index (χ2n) is 9.16. The summed E-state index contributed by atoms with van der Waals surface area (Å²) in [5, 5.41) is 0.621. The van der Waals surface area contributed by atoms with Gasteiger partial charge in [-0.3, -0.25) is 18.5 Å². The maximum Gasteiger partial charge on any atom is 0.332 e. The first-order chi connectivity index (χ1) is 17.8. The molecule has 196 valence electrons. The third-order valence-electron chi connectivity index (χ3n) is 5.88. The Bertz CT molecular complexity index is 1490. The molecule has 2 aromatic carbocycles. The molecular weight excluding hydrogens is 494 g/mol. The molecule has 0 aliphatic heterocycles. The Labute approximate surface area is 220 Å². The lowest BCUT2D eigenvalue weighted by atomic mass is 10.2. The number of hydrogen-bond acceptors (Lipinski definition) is 6. The van der Waals surface area contributed by atoms with Crippen molar-refractivity contribution in [2.45, 2.75) is 33.0 Å². The van der Waals surface area contributed by atoms with Gasteiger partial charge in [-0.25, -0.2) is 4.79 Å². The Kier molecular flexibility index (Phi) is 8.35. The molecule has 4 aromatic rings. The summed E-state index contributed by atoms with van der Waals surface area (Å²) >= 11 is 6.06. The van der Waals surface area contributed by atoms with E-state index < -0.39 is 5.69 Å². The molecule has 0 aliphatic rings. The van der Waals surface area contributed by atoms with Crippen molar-refractivity contribution in [1.29, 1.82) is 0 Å². The molecule has 0 saturated carbocycles. The van der Waals surface area contributed by atoms with Gasteiger partial charge in [-0.05, 0) is 55.9 Å². The molecule has 2 aromatic heterocycles. The molecule has 0 bridgehead atoms. The number of imidazole rings is 1. The summed E-state index contributed by atoms with van der Waals surface area (Å²) in [6.45, 7) is 3.89. The maximum absolute atomic E-state index is 13.4.